The highest BCUT2D eigenvalue weighted by molar-refractivity contribution is 5.88. The highest BCUT2D eigenvalue weighted by atomic mass is 16.5. The molecule has 2 saturated heterocycles. The summed E-state index contributed by atoms with van der Waals surface area (Å²) in [5.74, 6) is 0.370. The first-order chi connectivity index (χ1) is 14.9. The first-order valence-electron chi connectivity index (χ1n) is 11.2. The van der Waals surface area contributed by atoms with Gasteiger partial charge >= 0.3 is 0 Å². The standard InChI is InChI=1S/C23H34N4O4/c1-18(2)22(24-20(28)17-31-19-8-4-3-5-9-19)23(30)27-14-12-25(13-15-27)16-21(29)26-10-6-7-11-26/h3-5,8-9,18,22H,6-7,10-17H2,1-2H3,(H,24,28)/t22-/m0/s1. The Morgan fingerprint density at radius 1 is 0.935 bits per heavy atom. The molecule has 2 heterocycles. The molecule has 0 aromatic heterocycles. The molecule has 2 fully saturated rings. The number of hydrogen-bond acceptors (Lipinski definition) is 5. The molecule has 2 aliphatic rings. The normalized spacial score (nSPS) is 18.2. The summed E-state index contributed by atoms with van der Waals surface area (Å²) in [4.78, 5) is 43.6. The summed E-state index contributed by atoms with van der Waals surface area (Å²) < 4.78 is 5.49. The summed E-state index contributed by atoms with van der Waals surface area (Å²) in [6.45, 7) is 8.32. The van der Waals surface area contributed by atoms with E-state index in [4.69, 9.17) is 4.74 Å². The molecule has 1 aromatic rings. The van der Waals surface area contributed by atoms with E-state index in [2.05, 4.69) is 10.2 Å². The molecule has 0 bridgehead atoms. The lowest BCUT2D eigenvalue weighted by Crippen LogP contribution is -2.57. The zero-order chi connectivity index (χ0) is 22.2. The molecular weight excluding hydrogens is 396 g/mol. The molecule has 31 heavy (non-hydrogen) atoms. The van der Waals surface area contributed by atoms with Crippen molar-refractivity contribution >= 4 is 17.7 Å². The second-order valence-electron chi connectivity index (χ2n) is 8.58. The van der Waals surface area contributed by atoms with E-state index in [-0.39, 0.29) is 30.2 Å². The van der Waals surface area contributed by atoms with Gasteiger partial charge in [-0.15, -0.1) is 0 Å². The van der Waals surface area contributed by atoms with E-state index in [1.54, 1.807) is 17.0 Å². The molecule has 1 atom stereocenters. The molecule has 8 nitrogen and oxygen atoms in total. The number of carbonyl (C=O) groups excluding carboxylic acids is 3. The number of ether oxygens (including phenoxy) is 1. The number of nitrogens with one attached hydrogen (secondary N) is 1. The summed E-state index contributed by atoms with van der Waals surface area (Å²) in [5.41, 5.74) is 0. The Balaban J connectivity index is 1.45. The molecule has 0 saturated carbocycles. The van der Waals surface area contributed by atoms with Crippen LogP contribution in [0.5, 0.6) is 5.75 Å². The molecule has 0 aliphatic carbocycles. The Bertz CT molecular complexity index is 741. The van der Waals surface area contributed by atoms with E-state index in [0.29, 0.717) is 38.5 Å². The Morgan fingerprint density at radius 2 is 1.58 bits per heavy atom. The zero-order valence-electron chi connectivity index (χ0n) is 18.6. The van der Waals surface area contributed by atoms with Crippen LogP contribution in [0.3, 0.4) is 0 Å². The van der Waals surface area contributed by atoms with Crippen LogP contribution >= 0.6 is 0 Å². The summed E-state index contributed by atoms with van der Waals surface area (Å²) in [7, 11) is 0. The van der Waals surface area contributed by atoms with Gasteiger partial charge in [-0.3, -0.25) is 19.3 Å². The summed E-state index contributed by atoms with van der Waals surface area (Å²) in [5, 5.41) is 2.83. The Labute approximate surface area is 184 Å². The van der Waals surface area contributed by atoms with Crippen molar-refractivity contribution < 1.29 is 19.1 Å². The Morgan fingerprint density at radius 3 is 2.19 bits per heavy atom. The third-order valence-corrected chi connectivity index (χ3v) is 5.86. The van der Waals surface area contributed by atoms with Gasteiger partial charge in [0, 0.05) is 39.3 Å². The zero-order valence-corrected chi connectivity index (χ0v) is 18.6. The first-order valence-corrected chi connectivity index (χ1v) is 11.2. The van der Waals surface area contributed by atoms with E-state index < -0.39 is 6.04 Å². The predicted molar refractivity (Wildman–Crippen MR) is 118 cm³/mol. The van der Waals surface area contributed by atoms with Gasteiger partial charge in [0.05, 0.1) is 6.54 Å². The smallest absolute Gasteiger partial charge is 0.258 e. The van der Waals surface area contributed by atoms with Gasteiger partial charge in [0.1, 0.15) is 11.8 Å². The van der Waals surface area contributed by atoms with Crippen LogP contribution in [0, 0.1) is 5.92 Å². The quantitative estimate of drug-likeness (QED) is 0.665. The van der Waals surface area contributed by atoms with Gasteiger partial charge in [-0.2, -0.15) is 0 Å². The average Bonchev–Trinajstić information content (AvgIpc) is 3.32. The van der Waals surface area contributed by atoms with Crippen molar-refractivity contribution in [3.8, 4) is 5.75 Å². The van der Waals surface area contributed by atoms with Gasteiger partial charge in [0.2, 0.25) is 11.8 Å². The van der Waals surface area contributed by atoms with E-state index >= 15 is 0 Å². The minimum Gasteiger partial charge on any atom is -0.484 e. The molecule has 0 unspecified atom stereocenters. The monoisotopic (exact) mass is 430 g/mol. The van der Waals surface area contributed by atoms with E-state index in [1.165, 1.54) is 0 Å². The van der Waals surface area contributed by atoms with Gasteiger partial charge in [-0.05, 0) is 30.9 Å². The van der Waals surface area contributed by atoms with Crippen LogP contribution in [-0.2, 0) is 14.4 Å². The van der Waals surface area contributed by atoms with Crippen molar-refractivity contribution in [3.05, 3.63) is 30.3 Å². The van der Waals surface area contributed by atoms with Gasteiger partial charge in [-0.25, -0.2) is 0 Å². The highest BCUT2D eigenvalue weighted by Crippen LogP contribution is 2.12. The lowest BCUT2D eigenvalue weighted by Gasteiger charge is -2.37. The molecule has 1 N–H and O–H groups in total. The van der Waals surface area contributed by atoms with Crippen LogP contribution in [0.1, 0.15) is 26.7 Å². The van der Waals surface area contributed by atoms with E-state index in [1.807, 2.05) is 36.9 Å². The second-order valence-corrected chi connectivity index (χ2v) is 8.58. The molecule has 0 radical (unpaired) electrons. The predicted octanol–water partition coefficient (Wildman–Crippen LogP) is 0.973. The molecule has 0 spiro atoms. The third-order valence-electron chi connectivity index (χ3n) is 5.86. The lowest BCUT2D eigenvalue weighted by molar-refractivity contribution is -0.140. The van der Waals surface area contributed by atoms with Crippen molar-refractivity contribution in [1.82, 2.24) is 20.0 Å². The maximum absolute atomic E-state index is 13.1. The second kappa shape index (κ2) is 11.1. The van der Waals surface area contributed by atoms with Crippen LogP contribution in [0.2, 0.25) is 0 Å². The topological polar surface area (TPSA) is 82.2 Å². The van der Waals surface area contributed by atoms with Crippen molar-refractivity contribution in [1.29, 1.82) is 0 Å². The Kier molecular flexibility index (Phi) is 8.28. The first kappa shape index (κ1) is 23.1. The molecule has 3 amide bonds. The van der Waals surface area contributed by atoms with Crippen LogP contribution in [0.15, 0.2) is 30.3 Å². The molecule has 1 aromatic carbocycles. The minimum absolute atomic E-state index is 0.0389. The number of likely N-dealkylation sites (tertiary alicyclic amines) is 1. The van der Waals surface area contributed by atoms with E-state index in [0.717, 1.165) is 25.9 Å². The summed E-state index contributed by atoms with van der Waals surface area (Å²) in [6.07, 6.45) is 2.18. The fraction of sp³-hybridized carbons (Fsp3) is 0.609. The lowest BCUT2D eigenvalue weighted by atomic mass is 10.0. The van der Waals surface area contributed by atoms with Gasteiger partial charge in [0.25, 0.3) is 5.91 Å². The molecule has 3 rings (SSSR count). The molecular formula is C23H34N4O4. The van der Waals surface area contributed by atoms with Crippen LogP contribution in [0.4, 0.5) is 0 Å². The number of benzene rings is 1. The third kappa shape index (κ3) is 6.69. The summed E-state index contributed by atoms with van der Waals surface area (Å²) in [6, 6.07) is 8.53. The number of rotatable bonds is 8. The molecule has 170 valence electrons. The maximum Gasteiger partial charge on any atom is 0.258 e. The van der Waals surface area contributed by atoms with Crippen LogP contribution in [-0.4, -0.2) is 90.9 Å². The SMILES string of the molecule is CC(C)[C@H](NC(=O)COc1ccccc1)C(=O)N1CCN(CC(=O)N2CCCC2)CC1. The van der Waals surface area contributed by atoms with Crippen molar-refractivity contribution in [3.63, 3.8) is 0 Å². The van der Waals surface area contributed by atoms with Crippen molar-refractivity contribution in [2.45, 2.75) is 32.7 Å². The van der Waals surface area contributed by atoms with Crippen LogP contribution in [0.25, 0.3) is 0 Å². The van der Waals surface area contributed by atoms with Gasteiger partial charge in [-0.1, -0.05) is 32.0 Å². The number of amides is 3. The fourth-order valence-electron chi connectivity index (χ4n) is 3.98. The molecule has 8 heteroatoms. The number of piperazine rings is 1. The van der Waals surface area contributed by atoms with Gasteiger partial charge < -0.3 is 19.9 Å². The maximum atomic E-state index is 13.1. The van der Waals surface area contributed by atoms with E-state index in [9.17, 15) is 14.4 Å². The average molecular weight is 431 g/mol. The number of carbonyl (C=O) groups is 3. The largest absolute Gasteiger partial charge is 0.484 e. The van der Waals surface area contributed by atoms with Gasteiger partial charge in [0.15, 0.2) is 6.61 Å². The Hall–Kier alpha value is -2.61. The number of para-hydroxylation sites is 1. The fourth-order valence-corrected chi connectivity index (χ4v) is 3.98. The molecule has 2 aliphatic heterocycles. The number of nitrogens with zero attached hydrogens (tertiary/aromatic N) is 3. The van der Waals surface area contributed by atoms with Crippen molar-refractivity contribution in [2.75, 3.05) is 52.4 Å². The van der Waals surface area contributed by atoms with Crippen molar-refractivity contribution in [2.24, 2.45) is 5.92 Å². The summed E-state index contributed by atoms with van der Waals surface area (Å²) >= 11 is 0. The number of hydrogen-bond donors (Lipinski definition) is 1. The van der Waals surface area contributed by atoms with Crippen LogP contribution < -0.4 is 10.1 Å². The highest BCUT2D eigenvalue weighted by Gasteiger charge is 2.31. The minimum atomic E-state index is -0.593.